The van der Waals surface area contributed by atoms with Crippen molar-refractivity contribution in [2.75, 3.05) is 0 Å². The predicted molar refractivity (Wildman–Crippen MR) is 99.4 cm³/mol. The number of hydrogen-bond acceptors (Lipinski definition) is 2. The second-order valence-corrected chi connectivity index (χ2v) is 6.58. The molecule has 0 aliphatic carbocycles. The van der Waals surface area contributed by atoms with Crippen molar-refractivity contribution >= 4 is 5.91 Å². The van der Waals surface area contributed by atoms with Gasteiger partial charge in [-0.25, -0.2) is 22.0 Å². The van der Waals surface area contributed by atoms with Crippen LogP contribution in [0.15, 0.2) is 54.6 Å². The summed E-state index contributed by atoms with van der Waals surface area (Å²) in [6.45, 7) is -3.04. The quantitative estimate of drug-likeness (QED) is 0.292. The van der Waals surface area contributed by atoms with E-state index in [1.807, 2.05) is 0 Å². The van der Waals surface area contributed by atoms with E-state index in [1.54, 1.807) is 30.3 Å². The highest BCUT2D eigenvalue weighted by atomic mass is 19.3. The molecule has 0 heterocycles. The average molecular weight is 457 g/mol. The predicted octanol–water partition coefficient (Wildman–Crippen LogP) is 5.43. The molecule has 1 N–H and O–H groups in total. The molecule has 1 atom stereocenters. The molecule has 0 aliphatic heterocycles. The lowest BCUT2D eigenvalue weighted by Crippen LogP contribution is -2.31. The molecule has 168 valence electrons. The van der Waals surface area contributed by atoms with Gasteiger partial charge in [0.25, 0.3) is 0 Å². The molecular weight excluding hydrogens is 443 g/mol. The number of amides is 1. The molecule has 3 aromatic rings. The number of carbonyl (C=O) groups is 1. The second kappa shape index (κ2) is 9.71. The Kier molecular flexibility index (Phi) is 7.01. The second-order valence-electron chi connectivity index (χ2n) is 6.58. The minimum atomic E-state index is -3.04. The molecule has 0 aliphatic rings. The lowest BCUT2D eigenvalue weighted by atomic mass is 9.98. The van der Waals surface area contributed by atoms with Crippen LogP contribution in [0, 0.1) is 29.1 Å². The maximum atomic E-state index is 13.9. The van der Waals surface area contributed by atoms with Gasteiger partial charge >= 0.3 is 6.61 Å². The molecule has 0 fully saturated rings. The van der Waals surface area contributed by atoms with Crippen LogP contribution in [-0.4, -0.2) is 12.5 Å². The number of hydrogen-bond donors (Lipinski definition) is 1. The van der Waals surface area contributed by atoms with Gasteiger partial charge in [0.1, 0.15) is 5.75 Å². The molecule has 0 aromatic heterocycles. The van der Waals surface area contributed by atoms with Gasteiger partial charge in [-0.1, -0.05) is 42.5 Å². The molecular formula is C22H14F7NO2. The highest BCUT2D eigenvalue weighted by Gasteiger charge is 2.27. The van der Waals surface area contributed by atoms with E-state index in [0.717, 1.165) is 0 Å². The van der Waals surface area contributed by atoms with Crippen molar-refractivity contribution in [2.24, 2.45) is 0 Å². The van der Waals surface area contributed by atoms with Gasteiger partial charge in [0, 0.05) is 5.56 Å². The van der Waals surface area contributed by atoms with Crippen molar-refractivity contribution in [1.29, 1.82) is 0 Å². The first-order valence-electron chi connectivity index (χ1n) is 9.08. The third kappa shape index (κ3) is 5.01. The van der Waals surface area contributed by atoms with E-state index in [9.17, 15) is 35.5 Å². The number of nitrogens with one attached hydrogen (secondary N) is 1. The minimum Gasteiger partial charge on any atom is -0.435 e. The summed E-state index contributed by atoms with van der Waals surface area (Å²) in [6.07, 6.45) is -1.12. The van der Waals surface area contributed by atoms with Crippen molar-refractivity contribution in [3.8, 4) is 5.75 Å². The van der Waals surface area contributed by atoms with Gasteiger partial charge < -0.3 is 10.1 Å². The third-order valence-corrected chi connectivity index (χ3v) is 4.51. The molecule has 1 unspecified atom stereocenters. The van der Waals surface area contributed by atoms with Crippen molar-refractivity contribution in [3.63, 3.8) is 0 Å². The number of carbonyl (C=O) groups excluding carboxylic acids is 1. The lowest BCUT2D eigenvalue weighted by molar-refractivity contribution is -0.121. The Morgan fingerprint density at radius 1 is 0.750 bits per heavy atom. The fourth-order valence-electron chi connectivity index (χ4n) is 3.02. The molecule has 32 heavy (non-hydrogen) atoms. The highest BCUT2D eigenvalue weighted by molar-refractivity contribution is 5.79. The lowest BCUT2D eigenvalue weighted by Gasteiger charge is -2.20. The molecule has 0 saturated heterocycles. The Bertz CT molecular complexity index is 1080. The summed E-state index contributed by atoms with van der Waals surface area (Å²) in [4.78, 5) is 12.5. The van der Waals surface area contributed by atoms with Gasteiger partial charge in [-0.15, -0.1) is 0 Å². The number of ether oxygens (including phenoxy) is 1. The number of rotatable bonds is 7. The van der Waals surface area contributed by atoms with Crippen molar-refractivity contribution in [3.05, 3.63) is 100 Å². The molecule has 0 saturated carbocycles. The van der Waals surface area contributed by atoms with E-state index < -0.39 is 59.6 Å². The maximum Gasteiger partial charge on any atom is 0.387 e. The zero-order chi connectivity index (χ0) is 23.4. The molecule has 1 amide bonds. The topological polar surface area (TPSA) is 38.3 Å². The SMILES string of the molecule is O=C(Cc1c(F)c(F)c(F)c(F)c1F)NC(c1ccccc1)c1ccc(OC(F)F)cc1. The summed E-state index contributed by atoms with van der Waals surface area (Å²) in [5.41, 5.74) is -0.365. The van der Waals surface area contributed by atoms with Crippen molar-refractivity contribution in [1.82, 2.24) is 5.32 Å². The van der Waals surface area contributed by atoms with Gasteiger partial charge in [0.2, 0.25) is 11.7 Å². The van der Waals surface area contributed by atoms with Gasteiger partial charge in [-0.3, -0.25) is 4.79 Å². The van der Waals surface area contributed by atoms with E-state index in [0.29, 0.717) is 11.1 Å². The van der Waals surface area contributed by atoms with Crippen LogP contribution in [0.5, 0.6) is 5.75 Å². The fraction of sp³-hybridized carbons (Fsp3) is 0.136. The number of alkyl halides is 2. The third-order valence-electron chi connectivity index (χ3n) is 4.51. The monoisotopic (exact) mass is 457 g/mol. The van der Waals surface area contributed by atoms with Gasteiger partial charge in [-0.05, 0) is 23.3 Å². The van der Waals surface area contributed by atoms with Crippen LogP contribution in [0.2, 0.25) is 0 Å². The van der Waals surface area contributed by atoms with E-state index >= 15 is 0 Å². The van der Waals surface area contributed by atoms with Crippen LogP contribution < -0.4 is 10.1 Å². The summed E-state index contributed by atoms with van der Waals surface area (Å²) in [5.74, 6) is -12.0. The van der Waals surface area contributed by atoms with E-state index in [4.69, 9.17) is 0 Å². The highest BCUT2D eigenvalue weighted by Crippen LogP contribution is 2.27. The zero-order valence-electron chi connectivity index (χ0n) is 16.0. The van der Waals surface area contributed by atoms with E-state index in [1.165, 1.54) is 24.3 Å². The first-order chi connectivity index (χ1) is 15.2. The molecule has 3 aromatic carbocycles. The van der Waals surface area contributed by atoms with Crippen LogP contribution in [0.3, 0.4) is 0 Å². The molecule has 0 spiro atoms. The number of benzene rings is 3. The largest absolute Gasteiger partial charge is 0.435 e. The summed E-state index contributed by atoms with van der Waals surface area (Å²) >= 11 is 0. The van der Waals surface area contributed by atoms with E-state index in [2.05, 4.69) is 10.1 Å². The normalized spacial score (nSPS) is 12.0. The molecule has 3 rings (SSSR count). The van der Waals surface area contributed by atoms with Crippen molar-refractivity contribution < 1.29 is 40.3 Å². The summed E-state index contributed by atoms with van der Waals surface area (Å²) in [5, 5.41) is 2.47. The molecule has 3 nitrogen and oxygen atoms in total. The molecule has 0 radical (unpaired) electrons. The minimum absolute atomic E-state index is 0.136. The Morgan fingerprint density at radius 3 is 1.78 bits per heavy atom. The summed E-state index contributed by atoms with van der Waals surface area (Å²) < 4.78 is 96.9. The summed E-state index contributed by atoms with van der Waals surface area (Å²) in [7, 11) is 0. The summed E-state index contributed by atoms with van der Waals surface area (Å²) in [6, 6.07) is 12.5. The molecule has 10 heteroatoms. The fourth-order valence-corrected chi connectivity index (χ4v) is 3.02. The zero-order valence-corrected chi connectivity index (χ0v) is 16.0. The standard InChI is InChI=1S/C22H14F7NO2/c23-16-14(17(24)19(26)20(27)18(16)25)10-15(31)30-21(11-4-2-1-3-5-11)12-6-8-13(9-7-12)32-22(28)29/h1-9,21-22H,10H2,(H,30,31). The van der Waals surface area contributed by atoms with Crippen LogP contribution in [-0.2, 0) is 11.2 Å². The van der Waals surface area contributed by atoms with Gasteiger partial charge in [0.15, 0.2) is 23.3 Å². The van der Waals surface area contributed by atoms with Crippen LogP contribution in [0.4, 0.5) is 30.7 Å². The maximum absolute atomic E-state index is 13.9. The Labute approximate surface area is 177 Å². The Morgan fingerprint density at radius 2 is 1.25 bits per heavy atom. The van der Waals surface area contributed by atoms with Crippen LogP contribution in [0.1, 0.15) is 22.7 Å². The van der Waals surface area contributed by atoms with Crippen molar-refractivity contribution in [2.45, 2.75) is 19.1 Å². The Balaban J connectivity index is 1.89. The Hall–Kier alpha value is -3.56. The first-order valence-corrected chi connectivity index (χ1v) is 9.08. The van der Waals surface area contributed by atoms with Gasteiger partial charge in [0.05, 0.1) is 12.5 Å². The average Bonchev–Trinajstić information content (AvgIpc) is 2.78. The van der Waals surface area contributed by atoms with E-state index in [-0.39, 0.29) is 5.75 Å². The molecule has 0 bridgehead atoms. The smallest absolute Gasteiger partial charge is 0.387 e. The van der Waals surface area contributed by atoms with Gasteiger partial charge in [-0.2, -0.15) is 8.78 Å². The van der Waals surface area contributed by atoms with Crippen LogP contribution >= 0.6 is 0 Å². The number of halogens is 7. The first kappa shape index (κ1) is 23.1. The van der Waals surface area contributed by atoms with Crippen LogP contribution in [0.25, 0.3) is 0 Å².